The molecule has 0 aliphatic heterocycles. The zero-order valence-electron chi connectivity index (χ0n) is 7.24. The van der Waals surface area contributed by atoms with Crippen LogP contribution in [-0.2, 0) is 11.2 Å². The molecule has 0 radical (unpaired) electrons. The molecule has 0 atom stereocenters. The van der Waals surface area contributed by atoms with Gasteiger partial charge >= 0.3 is 6.18 Å². The highest BCUT2D eigenvalue weighted by molar-refractivity contribution is 6.31. The highest BCUT2D eigenvalue weighted by Crippen LogP contribution is 2.24. The molecule has 0 aromatic heterocycles. The summed E-state index contributed by atoms with van der Waals surface area (Å²) in [5, 5.41) is -0.449. The van der Waals surface area contributed by atoms with Gasteiger partial charge in [0.15, 0.2) is 0 Å². The molecule has 0 spiro atoms. The van der Waals surface area contributed by atoms with Gasteiger partial charge in [0.1, 0.15) is 5.82 Å². The Hall–Kier alpha value is -1.10. The van der Waals surface area contributed by atoms with Crippen molar-refractivity contribution in [1.29, 1.82) is 0 Å². The average molecular weight is 241 g/mol. The zero-order chi connectivity index (χ0) is 11.6. The van der Waals surface area contributed by atoms with Crippen LogP contribution >= 0.6 is 11.6 Å². The van der Waals surface area contributed by atoms with Crippen molar-refractivity contribution in [3.63, 3.8) is 0 Å². The second-order valence-corrected chi connectivity index (χ2v) is 3.19. The van der Waals surface area contributed by atoms with Crippen LogP contribution in [0.4, 0.5) is 17.6 Å². The van der Waals surface area contributed by atoms with E-state index in [-0.39, 0.29) is 5.56 Å². The standard InChI is InChI=1S/C9H5ClF4O/c10-8-5(2-1-3-6(8)11)4-7(15)9(12,13)14/h1-3H,4H2. The Morgan fingerprint density at radius 3 is 2.47 bits per heavy atom. The first-order valence-corrected chi connectivity index (χ1v) is 4.23. The van der Waals surface area contributed by atoms with Crippen LogP contribution in [0.25, 0.3) is 0 Å². The molecule has 82 valence electrons. The summed E-state index contributed by atoms with van der Waals surface area (Å²) in [6.07, 6.45) is -5.87. The SMILES string of the molecule is O=C(Cc1cccc(F)c1Cl)C(F)(F)F. The molecule has 0 N–H and O–H groups in total. The van der Waals surface area contributed by atoms with Gasteiger partial charge in [-0.1, -0.05) is 23.7 Å². The summed E-state index contributed by atoms with van der Waals surface area (Å²) < 4.78 is 48.4. The molecule has 1 aromatic carbocycles. The molecule has 0 heterocycles. The third kappa shape index (κ3) is 2.92. The Balaban J connectivity index is 2.91. The third-order valence-corrected chi connectivity index (χ3v) is 2.12. The largest absolute Gasteiger partial charge is 0.450 e. The summed E-state index contributed by atoms with van der Waals surface area (Å²) in [7, 11) is 0. The molecule has 0 aliphatic carbocycles. The summed E-state index contributed by atoms with van der Waals surface area (Å²) in [5.74, 6) is -2.79. The number of rotatable bonds is 2. The molecule has 6 heteroatoms. The average Bonchev–Trinajstić information content (AvgIpc) is 2.11. The minimum absolute atomic E-state index is 0.168. The number of hydrogen-bond donors (Lipinski definition) is 0. The van der Waals surface area contributed by atoms with Gasteiger partial charge in [-0.2, -0.15) is 13.2 Å². The maximum atomic E-state index is 12.8. The number of Topliss-reactive ketones (excluding diaryl/α,β-unsaturated/α-hetero) is 1. The van der Waals surface area contributed by atoms with Gasteiger partial charge in [-0.3, -0.25) is 4.79 Å². The molecule has 1 aromatic rings. The van der Waals surface area contributed by atoms with E-state index in [0.29, 0.717) is 0 Å². The molecular formula is C9H5ClF4O. The number of carbonyl (C=O) groups is 1. The van der Waals surface area contributed by atoms with Gasteiger partial charge in [-0.25, -0.2) is 4.39 Å². The molecule has 0 aliphatic rings. The van der Waals surface area contributed by atoms with Crippen molar-refractivity contribution >= 4 is 17.4 Å². The maximum Gasteiger partial charge on any atom is 0.450 e. The monoisotopic (exact) mass is 240 g/mol. The van der Waals surface area contributed by atoms with Crippen LogP contribution in [0, 0.1) is 5.82 Å². The zero-order valence-corrected chi connectivity index (χ0v) is 7.99. The van der Waals surface area contributed by atoms with Gasteiger partial charge in [0.25, 0.3) is 0 Å². The number of halogens is 5. The summed E-state index contributed by atoms with van der Waals surface area (Å²) in [4.78, 5) is 10.6. The molecular weight excluding hydrogens is 236 g/mol. The second kappa shape index (κ2) is 4.18. The van der Waals surface area contributed by atoms with E-state index in [1.807, 2.05) is 0 Å². The molecule has 0 unspecified atom stereocenters. The quantitative estimate of drug-likeness (QED) is 0.726. The lowest BCUT2D eigenvalue weighted by Gasteiger charge is -2.06. The second-order valence-electron chi connectivity index (χ2n) is 2.81. The van der Waals surface area contributed by atoms with Crippen LogP contribution in [0.15, 0.2) is 18.2 Å². The molecule has 1 nitrogen and oxygen atoms in total. The lowest BCUT2D eigenvalue weighted by molar-refractivity contribution is -0.170. The number of hydrogen-bond acceptors (Lipinski definition) is 1. The van der Waals surface area contributed by atoms with E-state index in [1.165, 1.54) is 12.1 Å². The minimum Gasteiger partial charge on any atom is -0.289 e. The summed E-state index contributed by atoms with van der Waals surface area (Å²) in [6, 6.07) is 3.37. The van der Waals surface area contributed by atoms with E-state index in [0.717, 1.165) is 6.07 Å². The van der Waals surface area contributed by atoms with Crippen molar-refractivity contribution in [2.24, 2.45) is 0 Å². The van der Waals surface area contributed by atoms with E-state index in [4.69, 9.17) is 11.6 Å². The van der Waals surface area contributed by atoms with Gasteiger partial charge in [0.05, 0.1) is 5.02 Å². The van der Waals surface area contributed by atoms with Gasteiger partial charge < -0.3 is 0 Å². The number of alkyl halides is 3. The molecule has 15 heavy (non-hydrogen) atoms. The van der Waals surface area contributed by atoms with Gasteiger partial charge in [0.2, 0.25) is 5.78 Å². The minimum atomic E-state index is -4.92. The lowest BCUT2D eigenvalue weighted by Crippen LogP contribution is -2.24. The predicted molar refractivity (Wildman–Crippen MR) is 46.2 cm³/mol. The van der Waals surface area contributed by atoms with E-state index in [1.54, 1.807) is 0 Å². The van der Waals surface area contributed by atoms with E-state index < -0.39 is 29.2 Å². The Morgan fingerprint density at radius 2 is 1.93 bits per heavy atom. The smallest absolute Gasteiger partial charge is 0.289 e. The molecule has 0 amide bonds. The fourth-order valence-electron chi connectivity index (χ4n) is 0.958. The van der Waals surface area contributed by atoms with Crippen molar-refractivity contribution in [2.75, 3.05) is 0 Å². The Bertz CT molecular complexity index is 386. The normalized spacial score (nSPS) is 11.5. The number of carbonyl (C=O) groups excluding carboxylic acids is 1. The van der Waals surface area contributed by atoms with Gasteiger partial charge in [-0.15, -0.1) is 0 Å². The summed E-state index contributed by atoms with van der Waals surface area (Å²) >= 11 is 5.39. The van der Waals surface area contributed by atoms with E-state index >= 15 is 0 Å². The van der Waals surface area contributed by atoms with Crippen molar-refractivity contribution in [1.82, 2.24) is 0 Å². The highest BCUT2D eigenvalue weighted by Gasteiger charge is 2.38. The predicted octanol–water partition coefficient (Wildman–Crippen LogP) is 3.15. The van der Waals surface area contributed by atoms with Crippen LogP contribution in [0.2, 0.25) is 5.02 Å². The Labute approximate surface area is 87.7 Å². The molecule has 0 fully saturated rings. The molecule has 0 saturated carbocycles. The van der Waals surface area contributed by atoms with E-state index in [2.05, 4.69) is 0 Å². The van der Waals surface area contributed by atoms with Gasteiger partial charge in [0, 0.05) is 6.42 Å². The van der Waals surface area contributed by atoms with Crippen LogP contribution in [0.3, 0.4) is 0 Å². The van der Waals surface area contributed by atoms with Crippen molar-refractivity contribution in [3.8, 4) is 0 Å². The maximum absolute atomic E-state index is 12.8. The highest BCUT2D eigenvalue weighted by atomic mass is 35.5. The first-order valence-electron chi connectivity index (χ1n) is 3.85. The Morgan fingerprint density at radius 1 is 1.33 bits per heavy atom. The van der Waals surface area contributed by atoms with Crippen LogP contribution in [-0.4, -0.2) is 12.0 Å². The number of benzene rings is 1. The van der Waals surface area contributed by atoms with Crippen molar-refractivity contribution in [2.45, 2.75) is 12.6 Å². The van der Waals surface area contributed by atoms with E-state index in [9.17, 15) is 22.4 Å². The van der Waals surface area contributed by atoms with Crippen LogP contribution < -0.4 is 0 Å². The fraction of sp³-hybridized carbons (Fsp3) is 0.222. The van der Waals surface area contributed by atoms with Crippen LogP contribution in [0.5, 0.6) is 0 Å². The first kappa shape index (κ1) is 12.0. The van der Waals surface area contributed by atoms with Gasteiger partial charge in [-0.05, 0) is 11.6 Å². The van der Waals surface area contributed by atoms with Crippen LogP contribution in [0.1, 0.15) is 5.56 Å². The van der Waals surface area contributed by atoms with Crippen molar-refractivity contribution < 1.29 is 22.4 Å². The summed E-state index contributed by atoms with van der Waals surface area (Å²) in [6.45, 7) is 0. The fourth-order valence-corrected chi connectivity index (χ4v) is 1.15. The first-order chi connectivity index (χ1) is 6.82. The summed E-state index contributed by atoms with van der Waals surface area (Å²) in [5.41, 5.74) is -0.168. The number of ketones is 1. The molecule has 0 bridgehead atoms. The topological polar surface area (TPSA) is 17.1 Å². The Kier molecular flexibility index (Phi) is 3.34. The van der Waals surface area contributed by atoms with Crippen molar-refractivity contribution in [3.05, 3.63) is 34.6 Å². The lowest BCUT2D eigenvalue weighted by atomic mass is 10.1. The third-order valence-electron chi connectivity index (χ3n) is 1.70. The molecule has 1 rings (SSSR count). The molecule has 0 saturated heterocycles.